The lowest BCUT2D eigenvalue weighted by molar-refractivity contribution is -0.137. The zero-order chi connectivity index (χ0) is 22.8. The second kappa shape index (κ2) is 9.38. The second-order valence-electron chi connectivity index (χ2n) is 9.98. The van der Waals surface area contributed by atoms with Crippen molar-refractivity contribution in [1.82, 2.24) is 25.7 Å². The van der Waals surface area contributed by atoms with E-state index in [1.54, 1.807) is 13.0 Å². The molecule has 3 amide bonds. The molecule has 1 aliphatic carbocycles. The average molecular weight is 433 g/mol. The third-order valence-corrected chi connectivity index (χ3v) is 6.03. The van der Waals surface area contributed by atoms with Crippen LogP contribution < -0.4 is 21.3 Å². The van der Waals surface area contributed by atoms with Gasteiger partial charge in [-0.2, -0.15) is 5.10 Å². The number of hydrogen-bond donors (Lipinski definition) is 4. The lowest BCUT2D eigenvalue weighted by Gasteiger charge is -2.39. The minimum absolute atomic E-state index is 0.0160. The molecule has 1 aromatic heterocycles. The molecule has 2 aliphatic rings. The zero-order valence-corrected chi connectivity index (χ0v) is 19.2. The van der Waals surface area contributed by atoms with Gasteiger partial charge in [0, 0.05) is 24.6 Å². The summed E-state index contributed by atoms with van der Waals surface area (Å²) in [7, 11) is 0. The van der Waals surface area contributed by atoms with E-state index in [1.165, 1.54) is 4.68 Å². The van der Waals surface area contributed by atoms with E-state index in [9.17, 15) is 14.4 Å². The second-order valence-corrected chi connectivity index (χ2v) is 9.98. The number of aryl methyl sites for hydroxylation is 1. The van der Waals surface area contributed by atoms with Crippen molar-refractivity contribution in [2.24, 2.45) is 11.3 Å². The standard InChI is InChI=1S/C22H36N6O3/c1-6-7-15-10-18(29)26-21(24-15)28-17(9-14(3)27-28)25-20(31)19(30)23-16-8-13(2)11-22(4,5)12-16/h9,13,15-16,21,24H,6-8,10-12H2,1-5H3,(H,23,30)(H,25,31)(H,26,29). The first-order valence-electron chi connectivity index (χ1n) is 11.3. The molecular weight excluding hydrogens is 396 g/mol. The minimum Gasteiger partial charge on any atom is -0.345 e. The zero-order valence-electron chi connectivity index (χ0n) is 19.2. The predicted molar refractivity (Wildman–Crippen MR) is 118 cm³/mol. The Morgan fingerprint density at radius 3 is 2.71 bits per heavy atom. The molecule has 172 valence electrons. The van der Waals surface area contributed by atoms with Gasteiger partial charge in [-0.05, 0) is 43.9 Å². The Balaban J connectivity index is 1.66. The van der Waals surface area contributed by atoms with Gasteiger partial charge in [-0.15, -0.1) is 0 Å². The number of nitrogens with one attached hydrogen (secondary N) is 4. The Morgan fingerprint density at radius 1 is 1.29 bits per heavy atom. The molecule has 1 aromatic rings. The molecule has 0 radical (unpaired) electrons. The third-order valence-electron chi connectivity index (χ3n) is 6.03. The van der Waals surface area contributed by atoms with Gasteiger partial charge in [0.25, 0.3) is 0 Å². The first-order chi connectivity index (χ1) is 14.6. The summed E-state index contributed by atoms with van der Waals surface area (Å²) in [5, 5.41) is 16.2. The largest absolute Gasteiger partial charge is 0.345 e. The van der Waals surface area contributed by atoms with Crippen molar-refractivity contribution in [3.05, 3.63) is 11.8 Å². The van der Waals surface area contributed by atoms with E-state index in [0.29, 0.717) is 23.9 Å². The molecule has 31 heavy (non-hydrogen) atoms. The van der Waals surface area contributed by atoms with Gasteiger partial charge in [-0.3, -0.25) is 19.7 Å². The topological polar surface area (TPSA) is 117 Å². The Kier molecular flexibility index (Phi) is 7.03. The highest BCUT2D eigenvalue weighted by atomic mass is 16.2. The van der Waals surface area contributed by atoms with Crippen molar-refractivity contribution in [2.45, 2.75) is 91.5 Å². The maximum atomic E-state index is 12.6. The SMILES string of the molecule is CCCC1CC(=O)NC(n2nc(C)cc2NC(=O)C(=O)NC2CC(C)CC(C)(C)C2)N1. The van der Waals surface area contributed by atoms with Crippen molar-refractivity contribution < 1.29 is 14.4 Å². The molecule has 0 spiro atoms. The summed E-state index contributed by atoms with van der Waals surface area (Å²) in [5.41, 5.74) is 0.814. The van der Waals surface area contributed by atoms with Crippen LogP contribution in [0.1, 0.15) is 78.2 Å². The van der Waals surface area contributed by atoms with E-state index in [1.807, 2.05) is 0 Å². The summed E-state index contributed by atoms with van der Waals surface area (Å²) in [5.74, 6) is -0.586. The van der Waals surface area contributed by atoms with E-state index >= 15 is 0 Å². The van der Waals surface area contributed by atoms with Crippen LogP contribution >= 0.6 is 0 Å². The molecule has 9 nitrogen and oxygen atoms in total. The summed E-state index contributed by atoms with van der Waals surface area (Å²) in [4.78, 5) is 37.3. The van der Waals surface area contributed by atoms with E-state index in [0.717, 1.165) is 32.1 Å². The molecule has 1 aliphatic heterocycles. The number of carbonyl (C=O) groups excluding carboxylic acids is 3. The molecule has 3 rings (SSSR count). The van der Waals surface area contributed by atoms with Crippen LogP contribution in [-0.2, 0) is 14.4 Å². The lowest BCUT2D eigenvalue weighted by atomic mass is 9.70. The van der Waals surface area contributed by atoms with Crippen molar-refractivity contribution in [2.75, 3.05) is 5.32 Å². The minimum atomic E-state index is -0.732. The Morgan fingerprint density at radius 2 is 2.03 bits per heavy atom. The number of aromatic nitrogens is 2. The number of anilines is 1. The van der Waals surface area contributed by atoms with Gasteiger partial charge in [0.05, 0.1) is 5.69 Å². The van der Waals surface area contributed by atoms with Gasteiger partial charge in [0.2, 0.25) is 5.91 Å². The molecule has 2 heterocycles. The number of carbonyl (C=O) groups is 3. The van der Waals surface area contributed by atoms with Crippen LogP contribution in [0.15, 0.2) is 6.07 Å². The van der Waals surface area contributed by atoms with Crippen LogP contribution in [0.3, 0.4) is 0 Å². The normalized spacial score (nSPS) is 28.0. The fourth-order valence-electron chi connectivity index (χ4n) is 5.11. The molecule has 4 atom stereocenters. The molecule has 1 saturated carbocycles. The molecular formula is C22H36N6O3. The van der Waals surface area contributed by atoms with Crippen molar-refractivity contribution in [1.29, 1.82) is 0 Å². The van der Waals surface area contributed by atoms with E-state index < -0.39 is 18.1 Å². The molecule has 0 bridgehead atoms. The molecule has 1 saturated heterocycles. The van der Waals surface area contributed by atoms with Crippen LogP contribution in [0.25, 0.3) is 0 Å². The first kappa shape index (κ1) is 23.2. The molecule has 9 heteroatoms. The molecule has 4 unspecified atom stereocenters. The highest BCUT2D eigenvalue weighted by Crippen LogP contribution is 2.38. The Bertz CT molecular complexity index is 833. The number of rotatable bonds is 5. The van der Waals surface area contributed by atoms with Gasteiger partial charge in [0.1, 0.15) is 5.82 Å². The van der Waals surface area contributed by atoms with Crippen LogP contribution in [-0.4, -0.2) is 39.6 Å². The van der Waals surface area contributed by atoms with Gasteiger partial charge in [-0.1, -0.05) is 34.1 Å². The average Bonchev–Trinajstić information content (AvgIpc) is 3.00. The van der Waals surface area contributed by atoms with E-state index in [4.69, 9.17) is 0 Å². The van der Waals surface area contributed by atoms with Gasteiger partial charge < -0.3 is 16.0 Å². The van der Waals surface area contributed by atoms with Gasteiger partial charge >= 0.3 is 11.8 Å². The summed E-state index contributed by atoms with van der Waals surface area (Å²) in [6, 6.07) is 1.71. The molecule has 2 fully saturated rings. The molecule has 0 aromatic carbocycles. The van der Waals surface area contributed by atoms with Crippen LogP contribution in [0.4, 0.5) is 5.82 Å². The highest BCUT2D eigenvalue weighted by molar-refractivity contribution is 6.39. The van der Waals surface area contributed by atoms with Crippen LogP contribution in [0, 0.1) is 18.3 Å². The fraction of sp³-hybridized carbons (Fsp3) is 0.727. The Hall–Kier alpha value is -2.42. The highest BCUT2D eigenvalue weighted by Gasteiger charge is 2.34. The van der Waals surface area contributed by atoms with Crippen LogP contribution in [0.2, 0.25) is 0 Å². The monoisotopic (exact) mass is 432 g/mol. The van der Waals surface area contributed by atoms with E-state index in [-0.39, 0.29) is 23.4 Å². The smallest absolute Gasteiger partial charge is 0.314 e. The lowest BCUT2D eigenvalue weighted by Crippen LogP contribution is -2.53. The fourth-order valence-corrected chi connectivity index (χ4v) is 5.11. The van der Waals surface area contributed by atoms with E-state index in [2.05, 4.69) is 54.1 Å². The number of amides is 3. The predicted octanol–water partition coefficient (Wildman–Crippen LogP) is 2.20. The van der Waals surface area contributed by atoms with Crippen LogP contribution in [0.5, 0.6) is 0 Å². The quantitative estimate of drug-likeness (QED) is 0.532. The summed E-state index contributed by atoms with van der Waals surface area (Å²) in [6.45, 7) is 10.4. The first-order valence-corrected chi connectivity index (χ1v) is 11.3. The van der Waals surface area contributed by atoms with Gasteiger partial charge in [0.15, 0.2) is 6.29 Å². The molecule has 4 N–H and O–H groups in total. The van der Waals surface area contributed by atoms with Crippen molar-refractivity contribution >= 4 is 23.5 Å². The third kappa shape index (κ3) is 6.06. The summed E-state index contributed by atoms with van der Waals surface area (Å²) in [6.07, 6.45) is 4.49. The summed E-state index contributed by atoms with van der Waals surface area (Å²) >= 11 is 0. The number of nitrogens with zero attached hydrogens (tertiary/aromatic N) is 2. The number of hydrogen-bond acceptors (Lipinski definition) is 5. The van der Waals surface area contributed by atoms with Gasteiger partial charge in [-0.25, -0.2) is 4.68 Å². The maximum absolute atomic E-state index is 12.6. The van der Waals surface area contributed by atoms with Crippen molar-refractivity contribution in [3.8, 4) is 0 Å². The summed E-state index contributed by atoms with van der Waals surface area (Å²) < 4.78 is 1.52. The Labute approximate surface area is 184 Å². The maximum Gasteiger partial charge on any atom is 0.314 e. The van der Waals surface area contributed by atoms with Crippen molar-refractivity contribution in [3.63, 3.8) is 0 Å².